The van der Waals surface area contributed by atoms with E-state index in [4.69, 9.17) is 0 Å². The molecule has 2 aromatic heterocycles. The van der Waals surface area contributed by atoms with Gasteiger partial charge in [-0.15, -0.1) is 11.3 Å². The second-order valence-corrected chi connectivity index (χ2v) is 6.01. The van der Waals surface area contributed by atoms with Crippen LogP contribution < -0.4 is 5.32 Å². The van der Waals surface area contributed by atoms with Gasteiger partial charge in [-0.2, -0.15) is 5.10 Å². The van der Waals surface area contributed by atoms with Crippen LogP contribution in [0.4, 0.5) is 0 Å². The number of nitrogens with one attached hydrogen (secondary N) is 1. The third-order valence-electron chi connectivity index (χ3n) is 3.47. The number of rotatable bonds is 5. The number of aromatic nitrogens is 2. The molecule has 0 aliphatic heterocycles. The van der Waals surface area contributed by atoms with Gasteiger partial charge in [0.05, 0.1) is 17.5 Å². The van der Waals surface area contributed by atoms with Crippen LogP contribution in [0, 0.1) is 0 Å². The Morgan fingerprint density at radius 2 is 2.05 bits per heavy atom. The first-order chi connectivity index (χ1) is 10.8. The molecule has 0 saturated carbocycles. The summed E-state index contributed by atoms with van der Waals surface area (Å²) < 4.78 is 1.74. The summed E-state index contributed by atoms with van der Waals surface area (Å²) >= 11 is 1.71. The van der Waals surface area contributed by atoms with Crippen LogP contribution in [-0.2, 0) is 13.5 Å². The smallest absolute Gasteiger partial charge is 0.255 e. The number of carbonyl (C=O) groups is 1. The van der Waals surface area contributed by atoms with Gasteiger partial charge in [0.2, 0.25) is 0 Å². The van der Waals surface area contributed by atoms with Crippen LogP contribution in [0.2, 0.25) is 0 Å². The van der Waals surface area contributed by atoms with Gasteiger partial charge in [0.1, 0.15) is 0 Å². The second-order valence-electron chi connectivity index (χ2n) is 4.98. The summed E-state index contributed by atoms with van der Waals surface area (Å²) in [7, 11) is 1.85. The molecule has 0 atom stereocenters. The summed E-state index contributed by atoms with van der Waals surface area (Å²) in [6, 6.07) is 14.0. The van der Waals surface area contributed by atoms with Crippen molar-refractivity contribution in [2.45, 2.75) is 6.42 Å². The van der Waals surface area contributed by atoms with E-state index in [0.717, 1.165) is 17.7 Å². The predicted molar refractivity (Wildman–Crippen MR) is 89.0 cm³/mol. The van der Waals surface area contributed by atoms with Crippen molar-refractivity contribution >= 4 is 17.2 Å². The molecule has 5 heteroatoms. The third-order valence-corrected chi connectivity index (χ3v) is 4.40. The fourth-order valence-electron chi connectivity index (χ4n) is 2.39. The maximum absolute atomic E-state index is 12.4. The molecule has 4 nitrogen and oxygen atoms in total. The van der Waals surface area contributed by atoms with E-state index in [9.17, 15) is 4.79 Å². The Balaban J connectivity index is 1.73. The van der Waals surface area contributed by atoms with E-state index in [-0.39, 0.29) is 5.91 Å². The lowest BCUT2D eigenvalue weighted by atomic mass is 10.1. The number of aryl methyl sites for hydroxylation is 1. The van der Waals surface area contributed by atoms with Gasteiger partial charge in [-0.1, -0.05) is 36.4 Å². The third kappa shape index (κ3) is 3.09. The molecule has 0 spiro atoms. The zero-order chi connectivity index (χ0) is 15.4. The van der Waals surface area contributed by atoms with Crippen molar-refractivity contribution in [2.24, 2.45) is 7.05 Å². The predicted octanol–water partition coefficient (Wildman–Crippen LogP) is 3.12. The lowest BCUT2D eigenvalue weighted by Crippen LogP contribution is -2.25. The largest absolute Gasteiger partial charge is 0.352 e. The fourth-order valence-corrected chi connectivity index (χ4v) is 3.10. The van der Waals surface area contributed by atoms with Crippen LogP contribution in [-0.4, -0.2) is 22.2 Å². The van der Waals surface area contributed by atoms with Gasteiger partial charge in [-0.05, 0) is 17.9 Å². The topological polar surface area (TPSA) is 46.9 Å². The van der Waals surface area contributed by atoms with E-state index in [0.29, 0.717) is 12.1 Å². The Kier molecular flexibility index (Phi) is 4.34. The SMILES string of the molecule is Cn1ncc(C(=O)NCCc2cccs2)c1-c1ccccc1. The molecule has 1 aromatic carbocycles. The molecule has 0 unspecified atom stereocenters. The van der Waals surface area contributed by atoms with Gasteiger partial charge < -0.3 is 5.32 Å². The minimum Gasteiger partial charge on any atom is -0.352 e. The van der Waals surface area contributed by atoms with E-state index in [1.807, 2.05) is 48.8 Å². The summed E-state index contributed by atoms with van der Waals surface area (Å²) in [4.78, 5) is 13.7. The second kappa shape index (κ2) is 6.58. The van der Waals surface area contributed by atoms with Crippen LogP contribution in [0.5, 0.6) is 0 Å². The van der Waals surface area contributed by atoms with Crippen molar-refractivity contribution in [3.8, 4) is 11.3 Å². The molecule has 22 heavy (non-hydrogen) atoms. The Labute approximate surface area is 133 Å². The van der Waals surface area contributed by atoms with Crippen molar-refractivity contribution in [1.29, 1.82) is 0 Å². The van der Waals surface area contributed by atoms with E-state index in [1.165, 1.54) is 4.88 Å². The van der Waals surface area contributed by atoms with Crippen LogP contribution in [0.25, 0.3) is 11.3 Å². The first-order valence-corrected chi connectivity index (χ1v) is 8.01. The van der Waals surface area contributed by atoms with Gasteiger partial charge in [0, 0.05) is 24.0 Å². The number of hydrogen-bond donors (Lipinski definition) is 1. The first kappa shape index (κ1) is 14.5. The number of thiophene rings is 1. The van der Waals surface area contributed by atoms with Gasteiger partial charge >= 0.3 is 0 Å². The van der Waals surface area contributed by atoms with E-state index >= 15 is 0 Å². The Morgan fingerprint density at radius 3 is 2.77 bits per heavy atom. The molecule has 2 heterocycles. The summed E-state index contributed by atoms with van der Waals surface area (Å²) in [5.41, 5.74) is 2.44. The molecule has 3 rings (SSSR count). The lowest BCUT2D eigenvalue weighted by molar-refractivity contribution is 0.0955. The molecular weight excluding hydrogens is 294 g/mol. The van der Waals surface area contributed by atoms with Crippen molar-refractivity contribution in [1.82, 2.24) is 15.1 Å². The molecule has 0 fully saturated rings. The Hall–Kier alpha value is -2.40. The standard InChI is InChI=1S/C17H17N3OS/c1-20-16(13-6-3-2-4-7-13)15(12-19-20)17(21)18-10-9-14-8-5-11-22-14/h2-8,11-12H,9-10H2,1H3,(H,18,21). The molecule has 0 aliphatic rings. The average Bonchev–Trinajstić information content (AvgIpc) is 3.17. The quantitative estimate of drug-likeness (QED) is 0.787. The summed E-state index contributed by atoms with van der Waals surface area (Å²) in [5, 5.41) is 9.25. The molecule has 0 bridgehead atoms. The van der Waals surface area contributed by atoms with Crippen molar-refractivity contribution < 1.29 is 4.79 Å². The fraction of sp³-hybridized carbons (Fsp3) is 0.176. The minimum absolute atomic E-state index is 0.0801. The van der Waals surface area contributed by atoms with Gasteiger partial charge in [0.15, 0.2) is 0 Å². The highest BCUT2D eigenvalue weighted by molar-refractivity contribution is 7.09. The van der Waals surface area contributed by atoms with Crippen LogP contribution in [0.3, 0.4) is 0 Å². The van der Waals surface area contributed by atoms with E-state index < -0.39 is 0 Å². The van der Waals surface area contributed by atoms with Crippen molar-refractivity contribution in [3.05, 3.63) is 64.5 Å². The van der Waals surface area contributed by atoms with Gasteiger partial charge in [-0.3, -0.25) is 9.48 Å². The van der Waals surface area contributed by atoms with Crippen LogP contribution in [0.15, 0.2) is 54.0 Å². The van der Waals surface area contributed by atoms with Crippen molar-refractivity contribution in [2.75, 3.05) is 6.54 Å². The lowest BCUT2D eigenvalue weighted by Gasteiger charge is -2.07. The monoisotopic (exact) mass is 311 g/mol. The number of amides is 1. The normalized spacial score (nSPS) is 10.6. The Bertz CT molecular complexity index is 748. The number of carbonyl (C=O) groups excluding carboxylic acids is 1. The maximum Gasteiger partial charge on any atom is 0.255 e. The highest BCUT2D eigenvalue weighted by atomic mass is 32.1. The zero-order valence-corrected chi connectivity index (χ0v) is 13.1. The van der Waals surface area contributed by atoms with E-state index in [2.05, 4.69) is 16.5 Å². The molecule has 1 N–H and O–H groups in total. The molecule has 0 aliphatic carbocycles. The average molecular weight is 311 g/mol. The first-order valence-electron chi connectivity index (χ1n) is 7.13. The molecule has 112 valence electrons. The number of nitrogens with zero attached hydrogens (tertiary/aromatic N) is 2. The number of benzene rings is 1. The molecule has 1 amide bonds. The maximum atomic E-state index is 12.4. The van der Waals surface area contributed by atoms with Crippen LogP contribution >= 0.6 is 11.3 Å². The molecular formula is C17H17N3OS. The van der Waals surface area contributed by atoms with E-state index in [1.54, 1.807) is 22.2 Å². The number of hydrogen-bond acceptors (Lipinski definition) is 3. The van der Waals surface area contributed by atoms with Crippen molar-refractivity contribution in [3.63, 3.8) is 0 Å². The highest BCUT2D eigenvalue weighted by Crippen LogP contribution is 2.22. The summed E-state index contributed by atoms with van der Waals surface area (Å²) in [6.07, 6.45) is 2.48. The van der Waals surface area contributed by atoms with Gasteiger partial charge in [-0.25, -0.2) is 0 Å². The Morgan fingerprint density at radius 1 is 1.23 bits per heavy atom. The van der Waals surface area contributed by atoms with Gasteiger partial charge in [0.25, 0.3) is 5.91 Å². The minimum atomic E-state index is -0.0801. The zero-order valence-electron chi connectivity index (χ0n) is 12.3. The molecule has 0 radical (unpaired) electrons. The van der Waals surface area contributed by atoms with Crippen LogP contribution in [0.1, 0.15) is 15.2 Å². The molecule has 3 aromatic rings. The molecule has 0 saturated heterocycles. The summed E-state index contributed by atoms with van der Waals surface area (Å²) in [5.74, 6) is -0.0801. The highest BCUT2D eigenvalue weighted by Gasteiger charge is 2.17. The summed E-state index contributed by atoms with van der Waals surface area (Å²) in [6.45, 7) is 0.627.